The first-order valence-electron chi connectivity index (χ1n) is 5.82. The van der Waals surface area contributed by atoms with Crippen LogP contribution >= 0.6 is 43.5 Å². The lowest BCUT2D eigenvalue weighted by Gasteiger charge is -2.18. The van der Waals surface area contributed by atoms with E-state index in [0.29, 0.717) is 0 Å². The third kappa shape index (κ3) is 3.71. The number of pyridine rings is 1. The molecule has 0 fully saturated rings. The molecule has 0 aliphatic carbocycles. The van der Waals surface area contributed by atoms with Crippen LogP contribution in [0.4, 0.5) is 5.69 Å². The fourth-order valence-electron chi connectivity index (χ4n) is 1.85. The van der Waals surface area contributed by atoms with Crippen LogP contribution in [0.1, 0.15) is 24.2 Å². The van der Waals surface area contributed by atoms with Crippen molar-refractivity contribution in [3.63, 3.8) is 0 Å². The number of hydrogen-bond donors (Lipinski definition) is 1. The predicted octanol–water partition coefficient (Wildman–Crippen LogP) is 5.74. The molecule has 2 rings (SSSR count). The smallest absolute Gasteiger partial charge is 0.106 e. The number of anilines is 1. The van der Waals surface area contributed by atoms with E-state index in [-0.39, 0.29) is 6.04 Å². The number of nitrogens with one attached hydrogen (secondary N) is 1. The first-order chi connectivity index (χ1) is 8.97. The SMILES string of the molecule is Cc1nc(Br)ccc1NC(C)c1ccc(Br)cc1Cl. The molecule has 0 saturated carbocycles. The highest BCUT2D eigenvalue weighted by molar-refractivity contribution is 9.10. The second-order valence-corrected chi connectivity index (χ2v) is 6.43. The van der Waals surface area contributed by atoms with E-state index in [4.69, 9.17) is 11.6 Å². The normalized spacial score (nSPS) is 12.3. The van der Waals surface area contributed by atoms with Gasteiger partial charge in [0.05, 0.1) is 17.4 Å². The van der Waals surface area contributed by atoms with Gasteiger partial charge in [-0.1, -0.05) is 33.6 Å². The number of hydrogen-bond acceptors (Lipinski definition) is 2. The molecular formula is C14H13Br2ClN2. The molecule has 0 bridgehead atoms. The number of aryl methyl sites for hydroxylation is 1. The third-order valence-corrected chi connectivity index (χ3v) is 4.12. The van der Waals surface area contributed by atoms with Crippen molar-refractivity contribution in [1.29, 1.82) is 0 Å². The number of halogens is 3. The Morgan fingerprint density at radius 3 is 2.58 bits per heavy atom. The number of aromatic nitrogens is 1. The molecule has 1 heterocycles. The van der Waals surface area contributed by atoms with Crippen molar-refractivity contribution >= 4 is 49.1 Å². The van der Waals surface area contributed by atoms with Gasteiger partial charge in [-0.2, -0.15) is 0 Å². The Morgan fingerprint density at radius 2 is 1.95 bits per heavy atom. The fourth-order valence-corrected chi connectivity index (χ4v) is 3.08. The fraction of sp³-hybridized carbons (Fsp3) is 0.214. The van der Waals surface area contributed by atoms with Gasteiger partial charge in [0.1, 0.15) is 4.60 Å². The average Bonchev–Trinajstić information content (AvgIpc) is 2.32. The Labute approximate surface area is 134 Å². The van der Waals surface area contributed by atoms with Crippen LogP contribution < -0.4 is 5.32 Å². The van der Waals surface area contributed by atoms with Crippen LogP contribution in [0.2, 0.25) is 5.02 Å². The zero-order valence-electron chi connectivity index (χ0n) is 10.5. The Balaban J connectivity index is 2.23. The summed E-state index contributed by atoms with van der Waals surface area (Å²) in [6.45, 7) is 4.06. The lowest BCUT2D eigenvalue weighted by atomic mass is 10.1. The number of benzene rings is 1. The molecule has 2 nitrogen and oxygen atoms in total. The van der Waals surface area contributed by atoms with Gasteiger partial charge in [0.25, 0.3) is 0 Å². The maximum Gasteiger partial charge on any atom is 0.106 e. The number of rotatable bonds is 3. The summed E-state index contributed by atoms with van der Waals surface area (Å²) < 4.78 is 1.82. The largest absolute Gasteiger partial charge is 0.377 e. The summed E-state index contributed by atoms with van der Waals surface area (Å²) >= 11 is 13.0. The molecule has 19 heavy (non-hydrogen) atoms. The van der Waals surface area contributed by atoms with Gasteiger partial charge in [0, 0.05) is 9.50 Å². The Kier molecular flexibility index (Phi) is 4.87. The van der Waals surface area contributed by atoms with Gasteiger partial charge >= 0.3 is 0 Å². The molecule has 1 atom stereocenters. The molecule has 0 aliphatic heterocycles. The summed E-state index contributed by atoms with van der Waals surface area (Å²) in [5.74, 6) is 0. The predicted molar refractivity (Wildman–Crippen MR) is 87.9 cm³/mol. The van der Waals surface area contributed by atoms with Gasteiger partial charge in [0.2, 0.25) is 0 Å². The molecule has 0 radical (unpaired) electrons. The highest BCUT2D eigenvalue weighted by atomic mass is 79.9. The first-order valence-corrected chi connectivity index (χ1v) is 7.78. The van der Waals surface area contributed by atoms with Crippen LogP contribution in [0.5, 0.6) is 0 Å². The van der Waals surface area contributed by atoms with E-state index in [1.807, 2.05) is 37.3 Å². The molecule has 1 unspecified atom stereocenters. The monoisotopic (exact) mass is 402 g/mol. The summed E-state index contributed by atoms with van der Waals surface area (Å²) in [6.07, 6.45) is 0. The van der Waals surface area contributed by atoms with E-state index in [1.165, 1.54) is 0 Å². The second kappa shape index (κ2) is 6.25. The van der Waals surface area contributed by atoms with Crippen molar-refractivity contribution in [3.05, 3.63) is 55.7 Å². The molecule has 0 spiro atoms. The minimum atomic E-state index is 0.113. The quantitative estimate of drug-likeness (QED) is 0.660. The van der Waals surface area contributed by atoms with Gasteiger partial charge < -0.3 is 5.32 Å². The lowest BCUT2D eigenvalue weighted by molar-refractivity contribution is 0.878. The van der Waals surface area contributed by atoms with E-state index in [9.17, 15) is 0 Å². The van der Waals surface area contributed by atoms with E-state index in [0.717, 1.165) is 31.0 Å². The molecular weight excluding hydrogens is 391 g/mol. The van der Waals surface area contributed by atoms with Crippen molar-refractivity contribution < 1.29 is 0 Å². The zero-order chi connectivity index (χ0) is 14.0. The van der Waals surface area contributed by atoms with Crippen LogP contribution in [0.3, 0.4) is 0 Å². The van der Waals surface area contributed by atoms with Gasteiger partial charge in [-0.15, -0.1) is 0 Å². The summed E-state index contributed by atoms with van der Waals surface area (Å²) in [7, 11) is 0. The summed E-state index contributed by atoms with van der Waals surface area (Å²) in [5, 5.41) is 4.18. The molecule has 100 valence electrons. The minimum Gasteiger partial charge on any atom is -0.377 e. The Hall–Kier alpha value is -0.580. The number of nitrogens with zero attached hydrogens (tertiary/aromatic N) is 1. The van der Waals surface area contributed by atoms with Crippen molar-refractivity contribution in [2.45, 2.75) is 19.9 Å². The molecule has 1 aromatic carbocycles. The van der Waals surface area contributed by atoms with Crippen molar-refractivity contribution in [2.24, 2.45) is 0 Å². The third-order valence-electron chi connectivity index (χ3n) is 2.85. The van der Waals surface area contributed by atoms with Gasteiger partial charge in [-0.25, -0.2) is 4.98 Å². The van der Waals surface area contributed by atoms with Crippen molar-refractivity contribution in [2.75, 3.05) is 5.32 Å². The van der Waals surface area contributed by atoms with Crippen LogP contribution in [-0.4, -0.2) is 4.98 Å². The van der Waals surface area contributed by atoms with Crippen molar-refractivity contribution in [3.8, 4) is 0 Å². The topological polar surface area (TPSA) is 24.9 Å². The maximum atomic E-state index is 6.26. The van der Waals surface area contributed by atoms with Crippen LogP contribution in [0.15, 0.2) is 39.4 Å². The molecule has 2 aromatic rings. The van der Waals surface area contributed by atoms with Gasteiger partial charge in [-0.3, -0.25) is 0 Å². The summed E-state index contributed by atoms with van der Waals surface area (Å²) in [6, 6.07) is 9.96. The Morgan fingerprint density at radius 1 is 1.21 bits per heavy atom. The molecule has 0 amide bonds. The van der Waals surface area contributed by atoms with E-state index in [1.54, 1.807) is 0 Å². The molecule has 1 aromatic heterocycles. The maximum absolute atomic E-state index is 6.26. The summed E-state index contributed by atoms with van der Waals surface area (Å²) in [5.41, 5.74) is 3.02. The second-order valence-electron chi connectivity index (χ2n) is 4.30. The van der Waals surface area contributed by atoms with Crippen LogP contribution in [-0.2, 0) is 0 Å². The molecule has 0 aliphatic rings. The highest BCUT2D eigenvalue weighted by Crippen LogP contribution is 2.29. The van der Waals surface area contributed by atoms with Gasteiger partial charge in [0.15, 0.2) is 0 Å². The molecule has 0 saturated heterocycles. The lowest BCUT2D eigenvalue weighted by Crippen LogP contribution is -2.08. The Bertz CT molecular complexity index is 602. The zero-order valence-corrected chi connectivity index (χ0v) is 14.5. The van der Waals surface area contributed by atoms with E-state index < -0.39 is 0 Å². The first kappa shape index (κ1) is 14.8. The van der Waals surface area contributed by atoms with Crippen molar-refractivity contribution in [1.82, 2.24) is 4.98 Å². The average molecular weight is 405 g/mol. The van der Waals surface area contributed by atoms with E-state index in [2.05, 4.69) is 49.1 Å². The highest BCUT2D eigenvalue weighted by Gasteiger charge is 2.11. The van der Waals surface area contributed by atoms with Crippen LogP contribution in [0.25, 0.3) is 0 Å². The minimum absolute atomic E-state index is 0.113. The van der Waals surface area contributed by atoms with Gasteiger partial charge in [-0.05, 0) is 59.6 Å². The standard InChI is InChI=1S/C14H13Br2ClN2/c1-8(11-4-3-10(15)7-12(11)17)18-13-5-6-14(16)19-9(13)2/h3-8,18H,1-2H3. The summed E-state index contributed by atoms with van der Waals surface area (Å²) in [4.78, 5) is 4.37. The van der Waals surface area contributed by atoms with E-state index >= 15 is 0 Å². The van der Waals surface area contributed by atoms with Crippen LogP contribution in [0, 0.1) is 6.92 Å². The molecule has 5 heteroatoms. The molecule has 1 N–H and O–H groups in total.